The first-order valence-corrected chi connectivity index (χ1v) is 6.11. The van der Waals surface area contributed by atoms with Crippen molar-refractivity contribution in [2.24, 2.45) is 5.84 Å². The summed E-state index contributed by atoms with van der Waals surface area (Å²) in [5, 5.41) is 5.12. The van der Waals surface area contributed by atoms with Crippen molar-refractivity contribution in [3.8, 4) is 0 Å². The Morgan fingerprint density at radius 3 is 2.59 bits per heavy atom. The van der Waals surface area contributed by atoms with Crippen molar-refractivity contribution in [1.82, 2.24) is 5.01 Å². The third-order valence-corrected chi connectivity index (χ3v) is 3.44. The Bertz CT molecular complexity index is 418. The Morgan fingerprint density at radius 2 is 2.06 bits per heavy atom. The lowest BCUT2D eigenvalue weighted by molar-refractivity contribution is -0.120. The average Bonchev–Trinajstić information content (AvgIpc) is 2.70. The van der Waals surface area contributed by atoms with Gasteiger partial charge in [0.25, 0.3) is 0 Å². The Balaban J connectivity index is 2.13. The fourth-order valence-electron chi connectivity index (χ4n) is 1.89. The number of nitrogens with zero attached hydrogens (tertiary/aromatic N) is 1. The van der Waals surface area contributed by atoms with Gasteiger partial charge in [-0.3, -0.25) is 10.6 Å². The molecule has 2 rings (SSSR count). The van der Waals surface area contributed by atoms with Gasteiger partial charge in [-0.1, -0.05) is 29.3 Å². The molecule has 1 aromatic rings. The number of nitrogens with one attached hydrogen (secondary N) is 1. The molecule has 1 heterocycles. The molecule has 4 nitrogen and oxygen atoms in total. The molecule has 1 aromatic carbocycles. The number of amides is 1. The molecule has 0 radical (unpaired) electrons. The lowest BCUT2D eigenvalue weighted by Gasteiger charge is -2.19. The Morgan fingerprint density at radius 1 is 1.41 bits per heavy atom. The van der Waals surface area contributed by atoms with Gasteiger partial charge in [-0.15, -0.1) is 0 Å². The maximum Gasteiger partial charge on any atom is 0.243 e. The molecule has 1 fully saturated rings. The number of nitrogens with two attached hydrogens (primary N) is 1. The number of anilines is 1. The van der Waals surface area contributed by atoms with E-state index in [9.17, 15) is 4.79 Å². The molecule has 1 amide bonds. The van der Waals surface area contributed by atoms with Crippen LogP contribution in [0.25, 0.3) is 0 Å². The summed E-state index contributed by atoms with van der Waals surface area (Å²) in [6, 6.07) is 4.78. The SMILES string of the molecule is NN1CCCC1C(=O)Nc1c(Cl)cccc1Cl. The van der Waals surface area contributed by atoms with E-state index in [1.54, 1.807) is 23.2 Å². The summed E-state index contributed by atoms with van der Waals surface area (Å²) >= 11 is 11.9. The summed E-state index contributed by atoms with van der Waals surface area (Å²) in [7, 11) is 0. The third kappa shape index (κ3) is 2.72. The third-order valence-electron chi connectivity index (χ3n) is 2.81. The van der Waals surface area contributed by atoms with E-state index in [4.69, 9.17) is 29.0 Å². The van der Waals surface area contributed by atoms with Gasteiger partial charge in [-0.2, -0.15) is 0 Å². The molecule has 1 saturated heterocycles. The maximum atomic E-state index is 12.0. The van der Waals surface area contributed by atoms with E-state index in [0.29, 0.717) is 15.7 Å². The number of carbonyl (C=O) groups excluding carboxylic acids is 1. The summed E-state index contributed by atoms with van der Waals surface area (Å²) in [5.41, 5.74) is 0.445. The van der Waals surface area contributed by atoms with Gasteiger partial charge < -0.3 is 5.32 Å². The van der Waals surface area contributed by atoms with Gasteiger partial charge in [0.05, 0.1) is 15.7 Å². The molecule has 17 heavy (non-hydrogen) atoms. The summed E-state index contributed by atoms with van der Waals surface area (Å²) in [5.74, 6) is 5.55. The number of carbonyl (C=O) groups is 1. The average molecular weight is 274 g/mol. The summed E-state index contributed by atoms with van der Waals surface area (Å²) < 4.78 is 0. The predicted octanol–water partition coefficient (Wildman–Crippen LogP) is 2.27. The second-order valence-electron chi connectivity index (χ2n) is 3.98. The number of rotatable bonds is 2. The Labute approximate surface area is 110 Å². The second kappa shape index (κ2) is 5.23. The number of benzene rings is 1. The minimum atomic E-state index is -0.303. The molecule has 0 aromatic heterocycles. The van der Waals surface area contributed by atoms with Crippen molar-refractivity contribution in [2.75, 3.05) is 11.9 Å². The van der Waals surface area contributed by atoms with Crippen LogP contribution in [0.3, 0.4) is 0 Å². The predicted molar refractivity (Wildman–Crippen MR) is 69.0 cm³/mol. The molecular weight excluding hydrogens is 261 g/mol. The monoisotopic (exact) mass is 273 g/mol. The highest BCUT2D eigenvalue weighted by Gasteiger charge is 2.29. The van der Waals surface area contributed by atoms with Crippen LogP contribution >= 0.6 is 23.2 Å². The van der Waals surface area contributed by atoms with E-state index in [-0.39, 0.29) is 11.9 Å². The van der Waals surface area contributed by atoms with Gasteiger partial charge in [-0.05, 0) is 25.0 Å². The fraction of sp³-hybridized carbons (Fsp3) is 0.364. The van der Waals surface area contributed by atoms with E-state index >= 15 is 0 Å². The quantitative estimate of drug-likeness (QED) is 0.813. The first kappa shape index (κ1) is 12.6. The Kier molecular flexibility index (Phi) is 3.89. The van der Waals surface area contributed by atoms with Crippen molar-refractivity contribution in [2.45, 2.75) is 18.9 Å². The fourth-order valence-corrected chi connectivity index (χ4v) is 2.39. The standard InChI is InChI=1S/C11H13Cl2N3O/c12-7-3-1-4-8(13)10(7)15-11(17)9-5-2-6-16(9)14/h1,3-4,9H,2,5-6,14H2,(H,15,17). The van der Waals surface area contributed by atoms with Gasteiger partial charge >= 0.3 is 0 Å². The number of hydrogen-bond acceptors (Lipinski definition) is 3. The molecule has 92 valence electrons. The molecule has 3 N–H and O–H groups in total. The normalized spacial score (nSPS) is 20.5. The highest BCUT2D eigenvalue weighted by atomic mass is 35.5. The molecule has 0 saturated carbocycles. The van der Waals surface area contributed by atoms with Gasteiger partial charge in [0.1, 0.15) is 6.04 Å². The molecule has 1 aliphatic rings. The first-order chi connectivity index (χ1) is 8.09. The second-order valence-corrected chi connectivity index (χ2v) is 4.80. The molecule has 1 aliphatic heterocycles. The molecule has 1 unspecified atom stereocenters. The van der Waals surface area contributed by atoms with Crippen LogP contribution in [0, 0.1) is 0 Å². The van der Waals surface area contributed by atoms with Crippen LogP contribution in [0.15, 0.2) is 18.2 Å². The van der Waals surface area contributed by atoms with Crippen LogP contribution < -0.4 is 11.2 Å². The number of hydrazine groups is 1. The van der Waals surface area contributed by atoms with E-state index in [1.165, 1.54) is 0 Å². The van der Waals surface area contributed by atoms with E-state index in [2.05, 4.69) is 5.32 Å². The number of para-hydroxylation sites is 1. The van der Waals surface area contributed by atoms with Crippen molar-refractivity contribution in [3.63, 3.8) is 0 Å². The van der Waals surface area contributed by atoms with E-state index in [0.717, 1.165) is 19.4 Å². The number of hydrogen-bond donors (Lipinski definition) is 2. The van der Waals surface area contributed by atoms with Crippen molar-refractivity contribution in [1.29, 1.82) is 0 Å². The number of halogens is 2. The highest BCUT2D eigenvalue weighted by molar-refractivity contribution is 6.39. The van der Waals surface area contributed by atoms with Crippen LogP contribution in [0.2, 0.25) is 10.0 Å². The van der Waals surface area contributed by atoms with Crippen molar-refractivity contribution >= 4 is 34.8 Å². The smallest absolute Gasteiger partial charge is 0.243 e. The van der Waals surface area contributed by atoms with Crippen LogP contribution in [-0.4, -0.2) is 23.5 Å². The summed E-state index contributed by atoms with van der Waals surface area (Å²) in [6.07, 6.45) is 1.68. The first-order valence-electron chi connectivity index (χ1n) is 5.36. The van der Waals surface area contributed by atoms with Crippen LogP contribution in [0.4, 0.5) is 5.69 Å². The van der Waals surface area contributed by atoms with E-state index < -0.39 is 0 Å². The zero-order valence-electron chi connectivity index (χ0n) is 9.12. The topological polar surface area (TPSA) is 58.4 Å². The molecule has 6 heteroatoms. The van der Waals surface area contributed by atoms with Gasteiger partial charge in [0.2, 0.25) is 5.91 Å². The summed E-state index contributed by atoms with van der Waals surface area (Å²) in [6.45, 7) is 0.730. The van der Waals surface area contributed by atoms with Crippen LogP contribution in [-0.2, 0) is 4.79 Å². The Hall–Kier alpha value is -0.810. The lowest BCUT2D eigenvalue weighted by atomic mass is 10.2. The van der Waals surface area contributed by atoms with Gasteiger partial charge in [0, 0.05) is 6.54 Å². The largest absolute Gasteiger partial charge is 0.322 e. The zero-order chi connectivity index (χ0) is 12.4. The van der Waals surface area contributed by atoms with Crippen molar-refractivity contribution in [3.05, 3.63) is 28.2 Å². The maximum absolute atomic E-state index is 12.0. The zero-order valence-corrected chi connectivity index (χ0v) is 10.6. The van der Waals surface area contributed by atoms with E-state index in [1.807, 2.05) is 0 Å². The summed E-state index contributed by atoms with van der Waals surface area (Å²) in [4.78, 5) is 12.0. The van der Waals surface area contributed by atoms with Crippen LogP contribution in [0.5, 0.6) is 0 Å². The molecule has 0 spiro atoms. The molecule has 0 aliphatic carbocycles. The van der Waals surface area contributed by atoms with Crippen LogP contribution in [0.1, 0.15) is 12.8 Å². The van der Waals surface area contributed by atoms with Gasteiger partial charge in [0.15, 0.2) is 0 Å². The van der Waals surface area contributed by atoms with Gasteiger partial charge in [-0.25, -0.2) is 5.01 Å². The minimum Gasteiger partial charge on any atom is -0.322 e. The minimum absolute atomic E-state index is 0.167. The molecule has 0 bridgehead atoms. The lowest BCUT2D eigenvalue weighted by Crippen LogP contribution is -2.43. The molecular formula is C11H13Cl2N3O. The molecule has 1 atom stereocenters. The highest BCUT2D eigenvalue weighted by Crippen LogP contribution is 2.30. The van der Waals surface area contributed by atoms with Crippen molar-refractivity contribution < 1.29 is 4.79 Å².